The number of nitrogens with zero attached hydrogens (tertiary/aromatic N) is 2. The van der Waals surface area contributed by atoms with Crippen molar-refractivity contribution in [1.82, 2.24) is 14.5 Å². The van der Waals surface area contributed by atoms with E-state index in [0.717, 1.165) is 21.7 Å². The van der Waals surface area contributed by atoms with Gasteiger partial charge in [0.25, 0.3) is 0 Å². The molecule has 0 saturated heterocycles. The Labute approximate surface area is 214 Å². The van der Waals surface area contributed by atoms with Gasteiger partial charge in [-0.1, -0.05) is 42.5 Å². The maximum absolute atomic E-state index is 13.5. The second-order valence-electron chi connectivity index (χ2n) is 8.44. The van der Waals surface area contributed by atoms with Crippen LogP contribution in [0.5, 0.6) is 5.75 Å². The minimum atomic E-state index is -3.59. The molecule has 0 aliphatic heterocycles. The molecule has 2 aromatic rings. The van der Waals surface area contributed by atoms with Crippen molar-refractivity contribution >= 4 is 21.8 Å². The van der Waals surface area contributed by atoms with Gasteiger partial charge in [0, 0.05) is 39.8 Å². The average molecular weight is 520 g/mol. The summed E-state index contributed by atoms with van der Waals surface area (Å²) in [4.78, 5) is 28.3. The van der Waals surface area contributed by atoms with Crippen LogP contribution in [0.1, 0.15) is 24.5 Å². The van der Waals surface area contributed by atoms with Gasteiger partial charge < -0.3 is 19.7 Å². The van der Waals surface area contributed by atoms with E-state index in [0.29, 0.717) is 31.9 Å². The molecule has 2 rings (SSSR count). The Morgan fingerprint density at radius 1 is 1.03 bits per heavy atom. The fourth-order valence-corrected chi connectivity index (χ4v) is 3.87. The van der Waals surface area contributed by atoms with Crippen LogP contribution in [0.2, 0.25) is 0 Å². The highest BCUT2D eigenvalue weighted by Crippen LogP contribution is 2.18. The first-order valence-corrected chi connectivity index (χ1v) is 13.7. The summed E-state index contributed by atoms with van der Waals surface area (Å²) in [5.74, 6) is -0.107. The SMILES string of the molecule is CCOCCCNC(=O)[C@@H](Cc1ccccc1)N(Cc1ccc(OC)cc1)C(=O)CN(C)S(C)(=O)=O. The van der Waals surface area contributed by atoms with E-state index in [1.165, 1.54) is 11.9 Å². The Bertz CT molecular complexity index is 1060. The molecule has 0 radical (unpaired) electrons. The van der Waals surface area contributed by atoms with Gasteiger partial charge in [-0.15, -0.1) is 0 Å². The highest BCUT2D eigenvalue weighted by atomic mass is 32.2. The summed E-state index contributed by atoms with van der Waals surface area (Å²) in [6.07, 6.45) is 1.96. The van der Waals surface area contributed by atoms with Crippen molar-refractivity contribution in [2.24, 2.45) is 0 Å². The minimum absolute atomic E-state index is 0.129. The second kappa shape index (κ2) is 14.6. The first-order valence-electron chi connectivity index (χ1n) is 11.9. The summed E-state index contributed by atoms with van der Waals surface area (Å²) in [5, 5.41) is 2.92. The normalized spacial score (nSPS) is 12.2. The maximum atomic E-state index is 13.5. The van der Waals surface area contributed by atoms with Crippen LogP contribution in [0.15, 0.2) is 54.6 Å². The van der Waals surface area contributed by atoms with Gasteiger partial charge in [0.15, 0.2) is 0 Å². The number of carbonyl (C=O) groups excluding carboxylic acids is 2. The van der Waals surface area contributed by atoms with Crippen LogP contribution in [0.25, 0.3) is 0 Å². The van der Waals surface area contributed by atoms with Crippen LogP contribution in [0.4, 0.5) is 0 Å². The third-order valence-electron chi connectivity index (χ3n) is 5.68. The molecule has 1 N–H and O–H groups in total. The van der Waals surface area contributed by atoms with Gasteiger partial charge in [-0.3, -0.25) is 9.59 Å². The highest BCUT2D eigenvalue weighted by molar-refractivity contribution is 7.88. The average Bonchev–Trinajstić information content (AvgIpc) is 2.86. The van der Waals surface area contributed by atoms with E-state index >= 15 is 0 Å². The maximum Gasteiger partial charge on any atom is 0.243 e. The molecule has 36 heavy (non-hydrogen) atoms. The molecular weight excluding hydrogens is 482 g/mol. The molecule has 0 aromatic heterocycles. The van der Waals surface area contributed by atoms with Gasteiger partial charge in [-0.05, 0) is 36.6 Å². The van der Waals surface area contributed by atoms with Crippen molar-refractivity contribution in [3.8, 4) is 5.75 Å². The molecule has 0 unspecified atom stereocenters. The molecule has 0 aliphatic rings. The number of carbonyl (C=O) groups is 2. The van der Waals surface area contributed by atoms with Crippen LogP contribution in [-0.4, -0.2) is 82.2 Å². The third-order valence-corrected chi connectivity index (χ3v) is 6.94. The Morgan fingerprint density at radius 3 is 2.28 bits per heavy atom. The summed E-state index contributed by atoms with van der Waals surface area (Å²) in [7, 11) is -0.673. The molecule has 2 amide bonds. The number of hydrogen-bond donors (Lipinski definition) is 1. The largest absolute Gasteiger partial charge is 0.497 e. The minimum Gasteiger partial charge on any atom is -0.497 e. The number of methoxy groups -OCH3 is 1. The molecule has 1 atom stereocenters. The molecule has 0 saturated carbocycles. The zero-order valence-electron chi connectivity index (χ0n) is 21.5. The number of hydrogen-bond acceptors (Lipinski definition) is 6. The first kappa shape index (κ1) is 29.3. The molecule has 10 heteroatoms. The smallest absolute Gasteiger partial charge is 0.243 e. The number of likely N-dealkylation sites (N-methyl/N-ethyl adjacent to an activating group) is 1. The Balaban J connectivity index is 2.36. The Morgan fingerprint density at radius 2 is 1.69 bits per heavy atom. The van der Waals surface area contributed by atoms with Gasteiger partial charge in [-0.25, -0.2) is 8.42 Å². The molecule has 0 aliphatic carbocycles. The summed E-state index contributed by atoms with van der Waals surface area (Å²) in [5.41, 5.74) is 1.67. The van der Waals surface area contributed by atoms with Crippen LogP contribution >= 0.6 is 0 Å². The number of sulfonamides is 1. The van der Waals surface area contributed by atoms with Gasteiger partial charge in [-0.2, -0.15) is 4.31 Å². The van der Waals surface area contributed by atoms with Crippen LogP contribution < -0.4 is 10.1 Å². The first-order chi connectivity index (χ1) is 17.2. The molecule has 0 fully saturated rings. The van der Waals surface area contributed by atoms with Crippen molar-refractivity contribution in [3.05, 3.63) is 65.7 Å². The lowest BCUT2D eigenvalue weighted by Gasteiger charge is -2.32. The zero-order chi connectivity index (χ0) is 26.6. The fraction of sp³-hybridized carbons (Fsp3) is 0.462. The zero-order valence-corrected chi connectivity index (χ0v) is 22.3. The lowest BCUT2D eigenvalue weighted by molar-refractivity contribution is -0.141. The van der Waals surface area contributed by atoms with Crippen molar-refractivity contribution < 1.29 is 27.5 Å². The van der Waals surface area contributed by atoms with Gasteiger partial charge >= 0.3 is 0 Å². The van der Waals surface area contributed by atoms with E-state index in [9.17, 15) is 18.0 Å². The predicted octanol–water partition coefficient (Wildman–Crippen LogP) is 2.07. The third kappa shape index (κ3) is 9.60. The molecule has 198 valence electrons. The Hall–Kier alpha value is -2.95. The molecule has 0 heterocycles. The summed E-state index contributed by atoms with van der Waals surface area (Å²) in [6.45, 7) is 3.18. The number of rotatable bonds is 15. The van der Waals surface area contributed by atoms with E-state index in [2.05, 4.69) is 5.32 Å². The molecule has 0 bridgehead atoms. The van der Waals surface area contributed by atoms with E-state index in [1.807, 2.05) is 49.4 Å². The van der Waals surface area contributed by atoms with Crippen LogP contribution in [0.3, 0.4) is 0 Å². The standard InChI is InChI=1S/C26H37N3O6S/c1-5-35-17-9-16-27-26(31)24(18-21-10-7-6-8-11-21)29(25(30)20-28(2)36(4,32)33)19-22-12-14-23(34-3)15-13-22/h6-8,10-15,24H,5,9,16-20H2,1-4H3,(H,27,31)/t24-/m1/s1. The number of nitrogens with one attached hydrogen (secondary N) is 1. The van der Waals surface area contributed by atoms with Crippen molar-refractivity contribution in [3.63, 3.8) is 0 Å². The monoisotopic (exact) mass is 519 g/mol. The van der Waals surface area contributed by atoms with E-state index < -0.39 is 22.0 Å². The van der Waals surface area contributed by atoms with E-state index in [-0.39, 0.29) is 25.4 Å². The van der Waals surface area contributed by atoms with Crippen molar-refractivity contribution in [2.45, 2.75) is 32.4 Å². The predicted molar refractivity (Wildman–Crippen MR) is 139 cm³/mol. The molecular formula is C26H37N3O6S. The van der Waals surface area contributed by atoms with E-state index in [1.54, 1.807) is 19.2 Å². The Kier molecular flexibility index (Phi) is 11.9. The number of ether oxygens (including phenoxy) is 2. The summed E-state index contributed by atoms with van der Waals surface area (Å²) >= 11 is 0. The van der Waals surface area contributed by atoms with Gasteiger partial charge in [0.2, 0.25) is 21.8 Å². The fourth-order valence-electron chi connectivity index (χ4n) is 3.53. The molecule has 0 spiro atoms. The van der Waals surface area contributed by atoms with Crippen molar-refractivity contribution in [2.75, 3.05) is 46.7 Å². The van der Waals surface area contributed by atoms with E-state index in [4.69, 9.17) is 9.47 Å². The summed E-state index contributed by atoms with van der Waals surface area (Å²) in [6, 6.07) is 15.8. The topological polar surface area (TPSA) is 105 Å². The van der Waals surface area contributed by atoms with Gasteiger partial charge in [0.1, 0.15) is 11.8 Å². The lowest BCUT2D eigenvalue weighted by Crippen LogP contribution is -2.53. The highest BCUT2D eigenvalue weighted by Gasteiger charge is 2.31. The number of benzene rings is 2. The lowest BCUT2D eigenvalue weighted by atomic mass is 10.0. The van der Waals surface area contributed by atoms with Crippen LogP contribution in [-0.2, 0) is 37.3 Å². The van der Waals surface area contributed by atoms with Crippen LogP contribution in [0, 0.1) is 0 Å². The number of amides is 2. The second-order valence-corrected chi connectivity index (χ2v) is 10.5. The quantitative estimate of drug-likeness (QED) is 0.361. The van der Waals surface area contributed by atoms with Gasteiger partial charge in [0.05, 0.1) is 19.9 Å². The molecule has 2 aromatic carbocycles. The molecule has 9 nitrogen and oxygen atoms in total. The summed E-state index contributed by atoms with van der Waals surface area (Å²) < 4.78 is 35.5. The van der Waals surface area contributed by atoms with Crippen molar-refractivity contribution in [1.29, 1.82) is 0 Å².